The van der Waals surface area contributed by atoms with Crippen LogP contribution in [0.15, 0.2) is 0 Å². The third kappa shape index (κ3) is 4.50. The van der Waals surface area contributed by atoms with Gasteiger partial charge in [-0.2, -0.15) is 0 Å². The maximum Gasteiger partial charge on any atom is 0.129 e. The Kier molecular flexibility index (Phi) is 4.28. The summed E-state index contributed by atoms with van der Waals surface area (Å²) in [5.74, 6) is 0.416. The SMILES string of the molecule is CC(=O)CCC(O)C(C)C. The summed E-state index contributed by atoms with van der Waals surface area (Å²) in [6.45, 7) is 5.45. The number of rotatable bonds is 4. The van der Waals surface area contributed by atoms with Crippen molar-refractivity contribution in [3.05, 3.63) is 0 Å². The van der Waals surface area contributed by atoms with Crippen molar-refractivity contribution in [2.45, 2.75) is 39.7 Å². The highest BCUT2D eigenvalue weighted by Crippen LogP contribution is 2.07. The van der Waals surface area contributed by atoms with E-state index in [-0.39, 0.29) is 17.8 Å². The van der Waals surface area contributed by atoms with Crippen molar-refractivity contribution < 1.29 is 9.90 Å². The minimum absolute atomic E-state index is 0.153. The third-order valence-electron chi connectivity index (χ3n) is 1.56. The average molecular weight is 144 g/mol. The highest BCUT2D eigenvalue weighted by molar-refractivity contribution is 5.75. The van der Waals surface area contributed by atoms with Crippen molar-refractivity contribution in [2.24, 2.45) is 5.92 Å². The van der Waals surface area contributed by atoms with Gasteiger partial charge in [-0.3, -0.25) is 0 Å². The quantitative estimate of drug-likeness (QED) is 0.647. The van der Waals surface area contributed by atoms with Crippen molar-refractivity contribution >= 4 is 5.78 Å². The van der Waals surface area contributed by atoms with E-state index in [1.807, 2.05) is 13.8 Å². The van der Waals surface area contributed by atoms with Crippen LogP contribution in [0, 0.1) is 5.92 Å². The molecule has 0 fully saturated rings. The Hall–Kier alpha value is -0.370. The normalized spacial score (nSPS) is 13.7. The first-order valence-corrected chi connectivity index (χ1v) is 3.71. The molecule has 0 bridgehead atoms. The fourth-order valence-electron chi connectivity index (χ4n) is 0.684. The van der Waals surface area contributed by atoms with E-state index in [0.29, 0.717) is 12.8 Å². The van der Waals surface area contributed by atoms with Crippen LogP contribution in [0.3, 0.4) is 0 Å². The van der Waals surface area contributed by atoms with E-state index in [0.717, 1.165) is 0 Å². The second kappa shape index (κ2) is 4.45. The van der Waals surface area contributed by atoms with Crippen LogP contribution in [0.1, 0.15) is 33.6 Å². The van der Waals surface area contributed by atoms with Gasteiger partial charge in [-0.25, -0.2) is 0 Å². The Morgan fingerprint density at radius 3 is 2.30 bits per heavy atom. The molecule has 0 amide bonds. The Morgan fingerprint density at radius 2 is 2.00 bits per heavy atom. The Morgan fingerprint density at radius 1 is 1.50 bits per heavy atom. The van der Waals surface area contributed by atoms with Gasteiger partial charge in [0.2, 0.25) is 0 Å². The number of aliphatic hydroxyl groups is 1. The number of carbonyl (C=O) groups excluding carboxylic acids is 1. The summed E-state index contributed by atoms with van der Waals surface area (Å²) in [6, 6.07) is 0. The third-order valence-corrected chi connectivity index (χ3v) is 1.56. The van der Waals surface area contributed by atoms with Gasteiger partial charge in [0.05, 0.1) is 6.10 Å². The van der Waals surface area contributed by atoms with Gasteiger partial charge in [0, 0.05) is 6.42 Å². The summed E-state index contributed by atoms with van der Waals surface area (Å²) in [4.78, 5) is 10.5. The summed E-state index contributed by atoms with van der Waals surface area (Å²) >= 11 is 0. The molecule has 1 atom stereocenters. The van der Waals surface area contributed by atoms with Crippen LogP contribution >= 0.6 is 0 Å². The van der Waals surface area contributed by atoms with Crippen molar-refractivity contribution in [1.29, 1.82) is 0 Å². The average Bonchev–Trinajstić information content (AvgIpc) is 1.82. The molecule has 1 N–H and O–H groups in total. The number of aliphatic hydroxyl groups excluding tert-OH is 1. The molecule has 0 rings (SSSR count). The fraction of sp³-hybridized carbons (Fsp3) is 0.875. The number of Topliss-reactive ketones (excluding diaryl/α,β-unsaturated/α-hetero) is 1. The van der Waals surface area contributed by atoms with Crippen LogP contribution in [-0.2, 0) is 4.79 Å². The predicted octanol–water partition coefficient (Wildman–Crippen LogP) is 1.37. The monoisotopic (exact) mass is 144 g/mol. The molecule has 10 heavy (non-hydrogen) atoms. The molecule has 1 unspecified atom stereocenters. The smallest absolute Gasteiger partial charge is 0.129 e. The Balaban J connectivity index is 3.39. The Labute approximate surface area is 62.2 Å². The van der Waals surface area contributed by atoms with E-state index in [2.05, 4.69) is 0 Å². The van der Waals surface area contributed by atoms with E-state index in [9.17, 15) is 9.90 Å². The molecule has 0 aliphatic carbocycles. The van der Waals surface area contributed by atoms with Crippen molar-refractivity contribution in [3.63, 3.8) is 0 Å². The second-order valence-corrected chi connectivity index (χ2v) is 3.05. The first-order chi connectivity index (χ1) is 4.54. The zero-order valence-electron chi connectivity index (χ0n) is 6.92. The minimum atomic E-state index is -0.316. The summed E-state index contributed by atoms with van der Waals surface area (Å²) in [5.41, 5.74) is 0. The van der Waals surface area contributed by atoms with Crippen LogP contribution in [-0.4, -0.2) is 17.0 Å². The molecule has 0 saturated carbocycles. The zero-order valence-corrected chi connectivity index (χ0v) is 6.92. The predicted molar refractivity (Wildman–Crippen MR) is 40.8 cm³/mol. The van der Waals surface area contributed by atoms with Gasteiger partial charge in [-0.15, -0.1) is 0 Å². The van der Waals surface area contributed by atoms with Crippen LogP contribution < -0.4 is 0 Å². The van der Waals surface area contributed by atoms with E-state index < -0.39 is 0 Å². The van der Waals surface area contributed by atoms with Gasteiger partial charge in [-0.05, 0) is 19.3 Å². The lowest BCUT2D eigenvalue weighted by Crippen LogP contribution is -2.15. The van der Waals surface area contributed by atoms with Gasteiger partial charge >= 0.3 is 0 Å². The van der Waals surface area contributed by atoms with Gasteiger partial charge in [0.15, 0.2) is 0 Å². The van der Waals surface area contributed by atoms with E-state index >= 15 is 0 Å². The van der Waals surface area contributed by atoms with E-state index in [1.54, 1.807) is 6.92 Å². The highest BCUT2D eigenvalue weighted by Gasteiger charge is 2.08. The first kappa shape index (κ1) is 9.63. The van der Waals surface area contributed by atoms with Crippen molar-refractivity contribution in [1.82, 2.24) is 0 Å². The molecule has 0 aromatic rings. The molecule has 60 valence electrons. The molecule has 0 saturated heterocycles. The molecular weight excluding hydrogens is 128 g/mol. The van der Waals surface area contributed by atoms with E-state index in [1.165, 1.54) is 0 Å². The van der Waals surface area contributed by atoms with Crippen molar-refractivity contribution in [3.8, 4) is 0 Å². The molecule has 0 aromatic carbocycles. The number of hydrogen-bond donors (Lipinski definition) is 1. The van der Waals surface area contributed by atoms with Gasteiger partial charge in [0.1, 0.15) is 5.78 Å². The standard InChI is InChI=1S/C8H16O2/c1-6(2)8(10)5-4-7(3)9/h6,8,10H,4-5H2,1-3H3. The number of carbonyl (C=O) groups is 1. The molecule has 2 heteroatoms. The highest BCUT2D eigenvalue weighted by atomic mass is 16.3. The zero-order chi connectivity index (χ0) is 8.15. The molecule has 0 aliphatic rings. The summed E-state index contributed by atoms with van der Waals surface area (Å²) in [5, 5.41) is 9.22. The summed E-state index contributed by atoms with van der Waals surface area (Å²) in [7, 11) is 0. The maximum absolute atomic E-state index is 10.5. The topological polar surface area (TPSA) is 37.3 Å². The molecular formula is C8H16O2. The molecule has 0 spiro atoms. The lowest BCUT2D eigenvalue weighted by Gasteiger charge is -2.12. The minimum Gasteiger partial charge on any atom is -0.393 e. The summed E-state index contributed by atoms with van der Waals surface area (Å²) in [6.07, 6.45) is 0.788. The van der Waals surface area contributed by atoms with Crippen LogP contribution in [0.5, 0.6) is 0 Å². The summed E-state index contributed by atoms with van der Waals surface area (Å²) < 4.78 is 0. The molecule has 0 aliphatic heterocycles. The maximum atomic E-state index is 10.5. The second-order valence-electron chi connectivity index (χ2n) is 3.05. The lowest BCUT2D eigenvalue weighted by molar-refractivity contribution is -0.117. The fourth-order valence-corrected chi connectivity index (χ4v) is 0.684. The van der Waals surface area contributed by atoms with Crippen LogP contribution in [0.4, 0.5) is 0 Å². The van der Waals surface area contributed by atoms with Gasteiger partial charge in [0.25, 0.3) is 0 Å². The van der Waals surface area contributed by atoms with Gasteiger partial charge in [-0.1, -0.05) is 13.8 Å². The first-order valence-electron chi connectivity index (χ1n) is 3.71. The number of hydrogen-bond acceptors (Lipinski definition) is 2. The molecule has 0 heterocycles. The molecule has 0 radical (unpaired) electrons. The van der Waals surface area contributed by atoms with E-state index in [4.69, 9.17) is 0 Å². The van der Waals surface area contributed by atoms with Crippen molar-refractivity contribution in [2.75, 3.05) is 0 Å². The van der Waals surface area contributed by atoms with Crippen LogP contribution in [0.2, 0.25) is 0 Å². The largest absolute Gasteiger partial charge is 0.393 e. The van der Waals surface area contributed by atoms with Crippen LogP contribution in [0.25, 0.3) is 0 Å². The lowest BCUT2D eigenvalue weighted by atomic mass is 10.0. The molecule has 0 aromatic heterocycles. The molecule has 2 nitrogen and oxygen atoms in total. The Bertz CT molecular complexity index is 108. The number of ketones is 1. The van der Waals surface area contributed by atoms with Gasteiger partial charge < -0.3 is 9.90 Å².